The van der Waals surface area contributed by atoms with Crippen LogP contribution >= 0.6 is 0 Å². The van der Waals surface area contributed by atoms with Gasteiger partial charge in [0.25, 0.3) is 0 Å². The van der Waals surface area contributed by atoms with Crippen LogP contribution in [0.15, 0.2) is 0 Å². The number of likely N-dealkylation sites (tertiary alicyclic amines) is 1. The monoisotopic (exact) mass is 429 g/mol. The molecule has 0 saturated carbocycles. The van der Waals surface area contributed by atoms with Crippen molar-refractivity contribution in [2.24, 2.45) is 0 Å². The standard InChI is InChI=1S/C7H8NO2.3C4H9.Sn/c1-2-6-4-3-5-8(6)7(9)10;3*1-3-4-2;/h6H,3-5H2,(H,9,10);3*1,3-4H2,2H3;. The molecule has 0 aromatic heterocycles. The normalized spacial score (nSPS) is 17.9. The molecule has 1 rings (SSSR count). The topological polar surface area (TPSA) is 40.5 Å². The first-order chi connectivity index (χ1) is 11.1. The molecule has 1 atom stereocenters. The van der Waals surface area contributed by atoms with Gasteiger partial charge in [-0.2, -0.15) is 0 Å². The predicted octanol–water partition coefficient (Wildman–Crippen LogP) is 5.52. The van der Waals surface area contributed by atoms with E-state index in [1.54, 1.807) is 4.90 Å². The number of carbonyl (C=O) groups is 1. The van der Waals surface area contributed by atoms with Gasteiger partial charge in [0.05, 0.1) is 0 Å². The van der Waals surface area contributed by atoms with Crippen LogP contribution in [0.3, 0.4) is 0 Å². The Morgan fingerprint density at radius 3 is 2.04 bits per heavy atom. The van der Waals surface area contributed by atoms with Crippen molar-refractivity contribution in [2.45, 2.75) is 91.5 Å². The van der Waals surface area contributed by atoms with Crippen LogP contribution in [0.1, 0.15) is 72.1 Å². The third-order valence-electron chi connectivity index (χ3n) is 5.03. The summed E-state index contributed by atoms with van der Waals surface area (Å²) in [6, 6.07) is -0.0338. The maximum atomic E-state index is 11.3. The van der Waals surface area contributed by atoms with E-state index < -0.39 is 24.5 Å². The molecule has 0 aromatic rings. The number of hydrogen-bond donors (Lipinski definition) is 1. The van der Waals surface area contributed by atoms with Gasteiger partial charge in [0, 0.05) is 0 Å². The summed E-state index contributed by atoms with van der Waals surface area (Å²) in [5.41, 5.74) is 0. The fourth-order valence-corrected chi connectivity index (χ4v) is 16.9. The van der Waals surface area contributed by atoms with Crippen LogP contribution in [-0.2, 0) is 0 Å². The first kappa shape index (κ1) is 20.7. The molecule has 3 nitrogen and oxygen atoms in total. The van der Waals surface area contributed by atoms with Gasteiger partial charge in [0.2, 0.25) is 0 Å². The fourth-order valence-electron chi connectivity index (χ4n) is 3.49. The van der Waals surface area contributed by atoms with Crippen LogP contribution < -0.4 is 0 Å². The number of amides is 1. The van der Waals surface area contributed by atoms with Crippen LogP contribution in [0.2, 0.25) is 13.3 Å². The molecule has 1 fully saturated rings. The minimum atomic E-state index is -2.43. The molecule has 1 amide bonds. The van der Waals surface area contributed by atoms with Crippen LogP contribution in [0.25, 0.3) is 0 Å². The summed E-state index contributed by atoms with van der Waals surface area (Å²) < 4.78 is 7.94. The summed E-state index contributed by atoms with van der Waals surface area (Å²) in [5.74, 6) is 3.47. The average Bonchev–Trinajstić information content (AvgIpc) is 3.02. The Labute approximate surface area is 147 Å². The van der Waals surface area contributed by atoms with Crippen molar-refractivity contribution in [3.8, 4) is 9.86 Å². The molecule has 1 unspecified atom stereocenters. The van der Waals surface area contributed by atoms with Crippen LogP contribution in [0.5, 0.6) is 0 Å². The van der Waals surface area contributed by atoms with Gasteiger partial charge >= 0.3 is 147 Å². The molecule has 0 radical (unpaired) electrons. The molecule has 0 spiro atoms. The van der Waals surface area contributed by atoms with Gasteiger partial charge < -0.3 is 0 Å². The minimum absolute atomic E-state index is 0.0338. The Bertz CT molecular complexity index is 392. The number of hydrogen-bond acceptors (Lipinski definition) is 1. The molecule has 132 valence electrons. The number of rotatable bonds is 9. The summed E-state index contributed by atoms with van der Waals surface area (Å²) in [6.45, 7) is 7.47. The third kappa shape index (κ3) is 6.95. The van der Waals surface area contributed by atoms with Crippen molar-refractivity contribution in [1.82, 2.24) is 4.90 Å². The van der Waals surface area contributed by atoms with Crippen LogP contribution in [0.4, 0.5) is 4.79 Å². The van der Waals surface area contributed by atoms with Crippen molar-refractivity contribution >= 4 is 24.5 Å². The van der Waals surface area contributed by atoms with E-state index in [9.17, 15) is 9.90 Å². The number of unbranched alkanes of at least 4 members (excludes halogenated alkanes) is 3. The van der Waals surface area contributed by atoms with Crippen LogP contribution in [0, 0.1) is 9.86 Å². The quantitative estimate of drug-likeness (QED) is 0.388. The Balaban J connectivity index is 2.92. The third-order valence-corrected chi connectivity index (χ3v) is 18.2. The summed E-state index contributed by atoms with van der Waals surface area (Å²) in [5, 5.41) is 9.31. The molecular formula is C19H35NO2Sn. The molecule has 4 heteroatoms. The second kappa shape index (κ2) is 11.2. The van der Waals surface area contributed by atoms with Gasteiger partial charge in [0.15, 0.2) is 0 Å². The van der Waals surface area contributed by atoms with E-state index in [1.165, 1.54) is 51.8 Å². The SMILES string of the molecule is CCC[CH2][Sn]([C]#CC1CCCN1C(=O)O)([CH2]CCC)[CH2]CCC. The van der Waals surface area contributed by atoms with E-state index in [2.05, 4.69) is 30.6 Å². The molecule has 1 aliphatic rings. The Morgan fingerprint density at radius 2 is 1.61 bits per heavy atom. The molecule has 23 heavy (non-hydrogen) atoms. The van der Waals surface area contributed by atoms with E-state index in [0.717, 1.165) is 12.8 Å². The summed E-state index contributed by atoms with van der Waals surface area (Å²) in [4.78, 5) is 12.9. The van der Waals surface area contributed by atoms with Gasteiger partial charge in [-0.25, -0.2) is 0 Å². The molecule has 1 aliphatic heterocycles. The van der Waals surface area contributed by atoms with E-state index in [4.69, 9.17) is 0 Å². The van der Waals surface area contributed by atoms with Gasteiger partial charge in [-0.15, -0.1) is 0 Å². The fraction of sp³-hybridized carbons (Fsp3) is 0.842. The van der Waals surface area contributed by atoms with Crippen molar-refractivity contribution in [3.63, 3.8) is 0 Å². The second-order valence-electron chi connectivity index (χ2n) is 6.99. The van der Waals surface area contributed by atoms with E-state index in [1.807, 2.05) is 0 Å². The molecule has 0 aliphatic carbocycles. The van der Waals surface area contributed by atoms with E-state index in [-0.39, 0.29) is 6.04 Å². The Morgan fingerprint density at radius 1 is 1.09 bits per heavy atom. The zero-order chi connectivity index (χ0) is 17.1. The van der Waals surface area contributed by atoms with Gasteiger partial charge in [-0.3, -0.25) is 0 Å². The maximum absolute atomic E-state index is 11.3. The van der Waals surface area contributed by atoms with Crippen molar-refractivity contribution in [3.05, 3.63) is 0 Å². The average molecular weight is 428 g/mol. The van der Waals surface area contributed by atoms with E-state index >= 15 is 0 Å². The molecular weight excluding hydrogens is 393 g/mol. The van der Waals surface area contributed by atoms with Gasteiger partial charge in [-0.1, -0.05) is 0 Å². The van der Waals surface area contributed by atoms with Gasteiger partial charge in [-0.05, 0) is 0 Å². The molecule has 0 bridgehead atoms. The van der Waals surface area contributed by atoms with Crippen molar-refractivity contribution in [2.75, 3.05) is 6.54 Å². The molecule has 1 heterocycles. The number of carboxylic acid groups (broad SMARTS) is 1. The number of nitrogens with zero attached hydrogens (tertiary/aromatic N) is 1. The van der Waals surface area contributed by atoms with Crippen LogP contribution in [-0.4, -0.2) is 47.1 Å². The van der Waals surface area contributed by atoms with Gasteiger partial charge in [0.1, 0.15) is 0 Å². The Kier molecular flexibility index (Phi) is 10.1. The van der Waals surface area contributed by atoms with E-state index in [0.29, 0.717) is 6.54 Å². The van der Waals surface area contributed by atoms with Crippen molar-refractivity contribution in [1.29, 1.82) is 0 Å². The summed E-state index contributed by atoms with van der Waals surface area (Å²) in [6.07, 6.45) is 8.79. The summed E-state index contributed by atoms with van der Waals surface area (Å²) >= 11 is -2.43. The Hall–Kier alpha value is -0.371. The van der Waals surface area contributed by atoms with Crippen molar-refractivity contribution < 1.29 is 9.90 Å². The molecule has 1 saturated heterocycles. The molecule has 1 N–H and O–H groups in total. The first-order valence-electron chi connectivity index (χ1n) is 9.60. The molecule has 0 aromatic carbocycles. The predicted molar refractivity (Wildman–Crippen MR) is 100 cm³/mol. The second-order valence-corrected chi connectivity index (χ2v) is 19.3. The first-order valence-corrected chi connectivity index (χ1v) is 17.1. The zero-order valence-corrected chi connectivity index (χ0v) is 18.2. The summed E-state index contributed by atoms with van der Waals surface area (Å²) in [7, 11) is 0. The zero-order valence-electron chi connectivity index (χ0n) is 15.4.